The van der Waals surface area contributed by atoms with Gasteiger partial charge in [-0.1, -0.05) is 0 Å². The summed E-state index contributed by atoms with van der Waals surface area (Å²) in [5, 5.41) is 2.66. The first-order valence-corrected chi connectivity index (χ1v) is 6.13. The van der Waals surface area contributed by atoms with Crippen molar-refractivity contribution in [2.24, 2.45) is 5.73 Å². The fourth-order valence-corrected chi connectivity index (χ4v) is 1.60. The zero-order valence-corrected chi connectivity index (χ0v) is 11.1. The Kier molecular flexibility index (Phi) is 4.57. The molecule has 0 spiro atoms. The maximum absolute atomic E-state index is 11.1. The first-order chi connectivity index (χ1) is 9.71. The van der Waals surface area contributed by atoms with E-state index in [1.807, 2.05) is 24.3 Å². The lowest BCUT2D eigenvalue weighted by molar-refractivity contribution is -0.114. The van der Waals surface area contributed by atoms with Gasteiger partial charge in [0, 0.05) is 5.69 Å². The summed E-state index contributed by atoms with van der Waals surface area (Å²) >= 11 is 0. The Bertz CT molecular complexity index is 565. The summed E-state index contributed by atoms with van der Waals surface area (Å²) in [7, 11) is 1.62. The highest BCUT2D eigenvalue weighted by atomic mass is 16.5. The van der Waals surface area contributed by atoms with Crippen LogP contribution in [0.3, 0.4) is 0 Å². The molecule has 5 heteroatoms. The zero-order valence-electron chi connectivity index (χ0n) is 11.1. The van der Waals surface area contributed by atoms with Crippen LogP contribution in [0.5, 0.6) is 17.2 Å². The van der Waals surface area contributed by atoms with Crippen molar-refractivity contribution >= 4 is 11.6 Å². The molecule has 0 bridgehead atoms. The molecule has 2 aromatic carbocycles. The van der Waals surface area contributed by atoms with E-state index in [0.29, 0.717) is 17.2 Å². The maximum Gasteiger partial charge on any atom is 0.238 e. The Hall–Kier alpha value is -2.53. The van der Waals surface area contributed by atoms with E-state index in [2.05, 4.69) is 5.32 Å². The zero-order chi connectivity index (χ0) is 14.4. The van der Waals surface area contributed by atoms with Gasteiger partial charge in [-0.15, -0.1) is 0 Å². The third kappa shape index (κ3) is 3.73. The van der Waals surface area contributed by atoms with Crippen molar-refractivity contribution in [1.29, 1.82) is 0 Å². The minimum Gasteiger partial charge on any atom is -0.497 e. The number of benzene rings is 2. The first kappa shape index (κ1) is 13.9. The number of hydrogen-bond acceptors (Lipinski definition) is 4. The fraction of sp³-hybridized carbons (Fsp3) is 0.133. The Morgan fingerprint density at radius 3 is 2.00 bits per heavy atom. The molecule has 0 aliphatic heterocycles. The summed E-state index contributed by atoms with van der Waals surface area (Å²) in [5.74, 6) is 1.94. The first-order valence-electron chi connectivity index (χ1n) is 6.13. The maximum atomic E-state index is 11.1. The molecule has 2 aromatic rings. The molecule has 0 unspecified atom stereocenters. The second-order valence-electron chi connectivity index (χ2n) is 4.05. The predicted octanol–water partition coefficient (Wildman–Crippen LogP) is 2.38. The van der Waals surface area contributed by atoms with Crippen molar-refractivity contribution in [2.75, 3.05) is 19.0 Å². The van der Waals surface area contributed by atoms with E-state index < -0.39 is 0 Å². The SMILES string of the molecule is COc1ccc(Oc2ccc(NC(=O)CN)cc2)cc1. The van der Waals surface area contributed by atoms with E-state index in [4.69, 9.17) is 15.2 Å². The number of ether oxygens (including phenoxy) is 2. The summed E-state index contributed by atoms with van der Waals surface area (Å²) in [6.07, 6.45) is 0. The van der Waals surface area contributed by atoms with E-state index in [-0.39, 0.29) is 12.5 Å². The monoisotopic (exact) mass is 272 g/mol. The third-order valence-corrected chi connectivity index (χ3v) is 2.62. The molecule has 0 saturated heterocycles. The molecule has 0 radical (unpaired) electrons. The van der Waals surface area contributed by atoms with Crippen molar-refractivity contribution in [3.8, 4) is 17.2 Å². The quantitative estimate of drug-likeness (QED) is 0.876. The molecule has 0 heterocycles. The molecule has 5 nitrogen and oxygen atoms in total. The Labute approximate surface area is 117 Å². The number of hydrogen-bond donors (Lipinski definition) is 2. The highest BCUT2D eigenvalue weighted by Crippen LogP contribution is 2.24. The number of carbonyl (C=O) groups excluding carboxylic acids is 1. The molecule has 0 atom stereocenters. The number of carbonyl (C=O) groups is 1. The number of amides is 1. The highest BCUT2D eigenvalue weighted by molar-refractivity contribution is 5.92. The Morgan fingerprint density at radius 2 is 1.50 bits per heavy atom. The number of methoxy groups -OCH3 is 1. The minimum atomic E-state index is -0.228. The molecule has 0 saturated carbocycles. The summed E-state index contributed by atoms with van der Waals surface area (Å²) in [4.78, 5) is 11.1. The van der Waals surface area contributed by atoms with Gasteiger partial charge in [-0.25, -0.2) is 0 Å². The molecule has 104 valence electrons. The van der Waals surface area contributed by atoms with Crippen LogP contribution >= 0.6 is 0 Å². The van der Waals surface area contributed by atoms with Gasteiger partial charge in [0.1, 0.15) is 17.2 Å². The number of anilines is 1. The number of rotatable bonds is 5. The van der Waals surface area contributed by atoms with E-state index in [0.717, 1.165) is 5.75 Å². The van der Waals surface area contributed by atoms with Gasteiger partial charge < -0.3 is 20.5 Å². The lowest BCUT2D eigenvalue weighted by Crippen LogP contribution is -2.21. The van der Waals surface area contributed by atoms with Crippen LogP contribution in [0.1, 0.15) is 0 Å². The number of nitrogens with one attached hydrogen (secondary N) is 1. The minimum absolute atomic E-state index is 0.0376. The fourth-order valence-electron chi connectivity index (χ4n) is 1.60. The van der Waals surface area contributed by atoms with Gasteiger partial charge in [0.05, 0.1) is 13.7 Å². The standard InChI is InChI=1S/C15H16N2O3/c1-19-12-6-8-14(9-7-12)20-13-4-2-11(3-5-13)17-15(18)10-16/h2-9H,10,16H2,1H3,(H,17,18). The van der Waals surface area contributed by atoms with E-state index in [1.165, 1.54) is 0 Å². The summed E-state index contributed by atoms with van der Waals surface area (Å²) < 4.78 is 10.7. The molecule has 3 N–H and O–H groups in total. The molecule has 1 amide bonds. The lowest BCUT2D eigenvalue weighted by atomic mass is 10.3. The molecular weight excluding hydrogens is 256 g/mol. The largest absolute Gasteiger partial charge is 0.497 e. The number of nitrogens with two attached hydrogens (primary N) is 1. The topological polar surface area (TPSA) is 73.6 Å². The van der Waals surface area contributed by atoms with Crippen molar-refractivity contribution in [3.63, 3.8) is 0 Å². The van der Waals surface area contributed by atoms with Gasteiger partial charge in [-0.2, -0.15) is 0 Å². The molecule has 0 aliphatic rings. The molecule has 0 aliphatic carbocycles. The van der Waals surface area contributed by atoms with Crippen LogP contribution in [-0.2, 0) is 4.79 Å². The van der Waals surface area contributed by atoms with Crippen LogP contribution in [0.4, 0.5) is 5.69 Å². The molecule has 0 fully saturated rings. The van der Waals surface area contributed by atoms with Crippen LogP contribution < -0.4 is 20.5 Å². The average molecular weight is 272 g/mol. The average Bonchev–Trinajstić information content (AvgIpc) is 2.50. The van der Waals surface area contributed by atoms with Crippen LogP contribution in [-0.4, -0.2) is 19.6 Å². The van der Waals surface area contributed by atoms with E-state index in [1.54, 1.807) is 31.4 Å². The van der Waals surface area contributed by atoms with Crippen molar-refractivity contribution in [1.82, 2.24) is 0 Å². The van der Waals surface area contributed by atoms with Gasteiger partial charge in [-0.05, 0) is 48.5 Å². The van der Waals surface area contributed by atoms with Gasteiger partial charge in [0.15, 0.2) is 0 Å². The van der Waals surface area contributed by atoms with Gasteiger partial charge in [0.2, 0.25) is 5.91 Å². The highest BCUT2D eigenvalue weighted by Gasteiger charge is 2.01. The predicted molar refractivity (Wildman–Crippen MR) is 77.2 cm³/mol. The van der Waals surface area contributed by atoms with Crippen molar-refractivity contribution in [2.45, 2.75) is 0 Å². The summed E-state index contributed by atoms with van der Waals surface area (Å²) in [6.45, 7) is -0.0376. The Balaban J connectivity index is 2.00. The van der Waals surface area contributed by atoms with Crippen LogP contribution in [0.25, 0.3) is 0 Å². The second-order valence-corrected chi connectivity index (χ2v) is 4.05. The molecule has 20 heavy (non-hydrogen) atoms. The van der Waals surface area contributed by atoms with Gasteiger partial charge in [-0.3, -0.25) is 4.79 Å². The van der Waals surface area contributed by atoms with Crippen LogP contribution in [0.15, 0.2) is 48.5 Å². The van der Waals surface area contributed by atoms with E-state index in [9.17, 15) is 4.79 Å². The van der Waals surface area contributed by atoms with Crippen LogP contribution in [0, 0.1) is 0 Å². The van der Waals surface area contributed by atoms with Crippen molar-refractivity contribution in [3.05, 3.63) is 48.5 Å². The van der Waals surface area contributed by atoms with Gasteiger partial charge >= 0.3 is 0 Å². The normalized spacial score (nSPS) is 9.90. The Morgan fingerprint density at radius 1 is 1.00 bits per heavy atom. The second kappa shape index (κ2) is 6.58. The molecule has 0 aromatic heterocycles. The summed E-state index contributed by atoms with van der Waals surface area (Å²) in [5.41, 5.74) is 5.91. The van der Waals surface area contributed by atoms with Crippen molar-refractivity contribution < 1.29 is 14.3 Å². The van der Waals surface area contributed by atoms with Gasteiger partial charge in [0.25, 0.3) is 0 Å². The molecular formula is C15H16N2O3. The molecule has 2 rings (SSSR count). The summed E-state index contributed by atoms with van der Waals surface area (Å²) in [6, 6.07) is 14.4. The smallest absolute Gasteiger partial charge is 0.238 e. The lowest BCUT2D eigenvalue weighted by Gasteiger charge is -2.08. The third-order valence-electron chi connectivity index (χ3n) is 2.62. The van der Waals surface area contributed by atoms with E-state index >= 15 is 0 Å². The van der Waals surface area contributed by atoms with Crippen LogP contribution in [0.2, 0.25) is 0 Å².